The van der Waals surface area contributed by atoms with Crippen LogP contribution in [-0.2, 0) is 0 Å². The fourth-order valence-corrected chi connectivity index (χ4v) is 3.77. The number of nitrogens with zero attached hydrogens (tertiary/aromatic N) is 3. The molecule has 0 spiro atoms. The Morgan fingerprint density at radius 2 is 1.83 bits per heavy atom. The molecule has 2 aliphatic rings. The lowest BCUT2D eigenvalue weighted by Crippen LogP contribution is -2.47. The molecule has 2 N–H and O–H groups in total. The molecule has 2 fully saturated rings. The van der Waals surface area contributed by atoms with E-state index in [1.807, 2.05) is 0 Å². The number of hydrogen-bond acceptors (Lipinski definition) is 3. The zero-order chi connectivity index (χ0) is 17.4. The van der Waals surface area contributed by atoms with E-state index >= 15 is 0 Å². The highest BCUT2D eigenvalue weighted by Gasteiger charge is 2.31. The van der Waals surface area contributed by atoms with E-state index in [1.54, 1.807) is 0 Å². The molecule has 0 saturated carbocycles. The third-order valence-electron chi connectivity index (χ3n) is 5.42. The Balaban J connectivity index is 1.81. The maximum atomic E-state index is 4.84. The first kappa shape index (κ1) is 19.5. The minimum Gasteiger partial charge on any atom is -0.357 e. The molecule has 0 amide bonds. The van der Waals surface area contributed by atoms with Crippen LogP contribution in [0.4, 0.5) is 0 Å². The van der Waals surface area contributed by atoms with E-state index in [2.05, 4.69) is 48.1 Å². The number of hydrogen-bond donors (Lipinski definition) is 2. The lowest BCUT2D eigenvalue weighted by molar-refractivity contribution is 0.265. The topological polar surface area (TPSA) is 42.9 Å². The zero-order valence-electron chi connectivity index (χ0n) is 16.4. The maximum absolute atomic E-state index is 4.84. The lowest BCUT2D eigenvalue weighted by Gasteiger charge is -2.22. The molecule has 2 aliphatic heterocycles. The van der Waals surface area contributed by atoms with E-state index < -0.39 is 0 Å². The largest absolute Gasteiger partial charge is 0.357 e. The molecule has 2 rings (SSSR count). The van der Waals surface area contributed by atoms with Crippen molar-refractivity contribution in [1.29, 1.82) is 0 Å². The maximum Gasteiger partial charge on any atom is 0.191 e. The van der Waals surface area contributed by atoms with Crippen LogP contribution >= 0.6 is 0 Å². The average molecular weight is 338 g/mol. The summed E-state index contributed by atoms with van der Waals surface area (Å²) in [5, 5.41) is 7.11. The van der Waals surface area contributed by atoms with E-state index in [4.69, 9.17) is 4.99 Å². The van der Waals surface area contributed by atoms with Gasteiger partial charge in [-0.1, -0.05) is 19.8 Å². The molecule has 0 bridgehead atoms. The smallest absolute Gasteiger partial charge is 0.191 e. The monoisotopic (exact) mass is 337 g/mol. The van der Waals surface area contributed by atoms with Gasteiger partial charge in [-0.15, -0.1) is 0 Å². The molecule has 5 nitrogen and oxygen atoms in total. The lowest BCUT2D eigenvalue weighted by atomic mass is 10.1. The number of nitrogens with one attached hydrogen (secondary N) is 2. The molecular formula is C19H39N5. The van der Waals surface area contributed by atoms with Gasteiger partial charge in [-0.2, -0.15) is 0 Å². The summed E-state index contributed by atoms with van der Waals surface area (Å²) in [4.78, 5) is 9.98. The van der Waals surface area contributed by atoms with Crippen LogP contribution in [0.15, 0.2) is 4.99 Å². The van der Waals surface area contributed by atoms with Crippen LogP contribution < -0.4 is 10.6 Å². The molecule has 0 aromatic carbocycles. The highest BCUT2D eigenvalue weighted by molar-refractivity contribution is 5.80. The van der Waals surface area contributed by atoms with Crippen LogP contribution in [-0.4, -0.2) is 73.7 Å². The SMILES string of the molecule is CCNC(=NCCN1CCCCCC1)NC1CN(C(C)C)CC1C. The van der Waals surface area contributed by atoms with Crippen molar-refractivity contribution in [3.05, 3.63) is 0 Å². The molecule has 0 aliphatic carbocycles. The molecule has 0 aromatic rings. The van der Waals surface area contributed by atoms with Crippen molar-refractivity contribution >= 4 is 5.96 Å². The Kier molecular flexibility index (Phi) is 8.33. The van der Waals surface area contributed by atoms with Crippen molar-refractivity contribution in [3.8, 4) is 0 Å². The highest BCUT2D eigenvalue weighted by atomic mass is 15.3. The fraction of sp³-hybridized carbons (Fsp3) is 0.947. The number of rotatable bonds is 6. The first-order valence-corrected chi connectivity index (χ1v) is 10.1. The van der Waals surface area contributed by atoms with Crippen molar-refractivity contribution in [3.63, 3.8) is 0 Å². The summed E-state index contributed by atoms with van der Waals surface area (Å²) >= 11 is 0. The molecule has 2 atom stereocenters. The van der Waals surface area contributed by atoms with Crippen molar-refractivity contribution in [2.75, 3.05) is 45.8 Å². The van der Waals surface area contributed by atoms with E-state index in [0.29, 0.717) is 18.0 Å². The van der Waals surface area contributed by atoms with Crippen molar-refractivity contribution in [2.24, 2.45) is 10.9 Å². The number of likely N-dealkylation sites (tertiary alicyclic amines) is 2. The Morgan fingerprint density at radius 3 is 2.42 bits per heavy atom. The van der Waals surface area contributed by atoms with Gasteiger partial charge in [0.25, 0.3) is 0 Å². The Bertz CT molecular complexity index is 374. The summed E-state index contributed by atoms with van der Waals surface area (Å²) < 4.78 is 0. The summed E-state index contributed by atoms with van der Waals surface area (Å²) in [7, 11) is 0. The normalized spacial score (nSPS) is 27.5. The van der Waals surface area contributed by atoms with Gasteiger partial charge < -0.3 is 15.5 Å². The number of guanidine groups is 1. The molecule has 2 saturated heterocycles. The molecule has 5 heteroatoms. The van der Waals surface area contributed by atoms with Crippen LogP contribution in [0.25, 0.3) is 0 Å². The second-order valence-corrected chi connectivity index (χ2v) is 7.79. The van der Waals surface area contributed by atoms with Crippen LogP contribution in [0.5, 0.6) is 0 Å². The van der Waals surface area contributed by atoms with E-state index in [0.717, 1.165) is 32.1 Å². The third-order valence-corrected chi connectivity index (χ3v) is 5.42. The van der Waals surface area contributed by atoms with Crippen LogP contribution in [0.2, 0.25) is 0 Å². The minimum atomic E-state index is 0.503. The first-order valence-electron chi connectivity index (χ1n) is 10.1. The van der Waals surface area contributed by atoms with E-state index in [1.165, 1.54) is 45.3 Å². The first-order chi connectivity index (χ1) is 11.6. The Hall–Kier alpha value is -0.810. The van der Waals surface area contributed by atoms with Crippen molar-refractivity contribution in [1.82, 2.24) is 20.4 Å². The fourth-order valence-electron chi connectivity index (χ4n) is 3.77. The van der Waals surface area contributed by atoms with Crippen LogP contribution in [0.1, 0.15) is 53.4 Å². The summed E-state index contributed by atoms with van der Waals surface area (Å²) in [6.07, 6.45) is 5.51. The second kappa shape index (κ2) is 10.2. The van der Waals surface area contributed by atoms with Gasteiger partial charge in [-0.05, 0) is 52.6 Å². The minimum absolute atomic E-state index is 0.503. The third kappa shape index (κ3) is 6.25. The summed E-state index contributed by atoms with van der Waals surface area (Å²) in [6.45, 7) is 16.8. The van der Waals surface area contributed by atoms with Crippen LogP contribution in [0.3, 0.4) is 0 Å². The quantitative estimate of drug-likeness (QED) is 0.576. The van der Waals surface area contributed by atoms with Crippen molar-refractivity contribution < 1.29 is 0 Å². The highest BCUT2D eigenvalue weighted by Crippen LogP contribution is 2.18. The van der Waals surface area contributed by atoms with Gasteiger partial charge in [-0.25, -0.2) is 0 Å². The van der Waals surface area contributed by atoms with E-state index in [-0.39, 0.29) is 0 Å². The Morgan fingerprint density at radius 1 is 1.12 bits per heavy atom. The molecule has 24 heavy (non-hydrogen) atoms. The van der Waals surface area contributed by atoms with Gasteiger partial charge in [0.05, 0.1) is 6.54 Å². The molecular weight excluding hydrogens is 298 g/mol. The number of aliphatic imine (C=N–C) groups is 1. The predicted molar refractivity (Wildman–Crippen MR) is 104 cm³/mol. The molecule has 2 unspecified atom stereocenters. The second-order valence-electron chi connectivity index (χ2n) is 7.79. The van der Waals surface area contributed by atoms with Crippen LogP contribution in [0, 0.1) is 5.92 Å². The Labute approximate surface area is 149 Å². The summed E-state index contributed by atoms with van der Waals surface area (Å²) in [6, 6.07) is 1.13. The van der Waals surface area contributed by atoms with Gasteiger partial charge in [0.1, 0.15) is 0 Å². The molecule has 140 valence electrons. The van der Waals surface area contributed by atoms with Gasteiger partial charge in [0.2, 0.25) is 0 Å². The van der Waals surface area contributed by atoms with E-state index in [9.17, 15) is 0 Å². The predicted octanol–water partition coefficient (Wildman–Crippen LogP) is 2.15. The van der Waals surface area contributed by atoms with Gasteiger partial charge in [0.15, 0.2) is 5.96 Å². The van der Waals surface area contributed by atoms with Gasteiger partial charge >= 0.3 is 0 Å². The molecule has 0 radical (unpaired) electrons. The van der Waals surface area contributed by atoms with Gasteiger partial charge in [-0.3, -0.25) is 9.89 Å². The standard InChI is InChI=1S/C19H39N5/c1-5-20-19(21-10-13-23-11-8-6-7-9-12-23)22-18-15-24(16(2)3)14-17(18)4/h16-18H,5-15H2,1-4H3,(H2,20,21,22). The van der Waals surface area contributed by atoms with Crippen molar-refractivity contribution in [2.45, 2.75) is 65.5 Å². The van der Waals surface area contributed by atoms with Gasteiger partial charge in [0, 0.05) is 38.3 Å². The molecule has 2 heterocycles. The summed E-state index contributed by atoms with van der Waals surface area (Å²) in [5.74, 6) is 1.66. The summed E-state index contributed by atoms with van der Waals surface area (Å²) in [5.41, 5.74) is 0. The molecule has 0 aromatic heterocycles. The average Bonchev–Trinajstić information content (AvgIpc) is 2.75. The zero-order valence-corrected chi connectivity index (χ0v) is 16.4.